The van der Waals surface area contributed by atoms with Crippen molar-refractivity contribution in [3.8, 4) is 0 Å². The van der Waals surface area contributed by atoms with E-state index in [1.54, 1.807) is 0 Å². The second kappa shape index (κ2) is 16.2. The normalized spacial score (nSPS) is 13.7. The summed E-state index contributed by atoms with van der Waals surface area (Å²) in [6.07, 6.45) is 13.8. The largest absolute Gasteiger partial charge is 0.474 e. The second-order valence-electron chi connectivity index (χ2n) is 12.3. The molecule has 0 aliphatic carbocycles. The van der Waals surface area contributed by atoms with Crippen LogP contribution in [0.2, 0.25) is 36.3 Å². The number of furan rings is 1. The molecule has 0 aliphatic heterocycles. The van der Waals surface area contributed by atoms with E-state index in [0.29, 0.717) is 5.04 Å². The number of carbonyl (C=O) groups excluding carboxylic acids is 1. The summed E-state index contributed by atoms with van der Waals surface area (Å²) in [4.78, 5) is 11.7. The molecule has 0 saturated carbocycles. The van der Waals surface area contributed by atoms with E-state index in [0.717, 1.165) is 25.0 Å². The first kappa shape index (κ1) is 33.2. The zero-order valence-electron chi connectivity index (χ0n) is 25.3. The summed E-state index contributed by atoms with van der Waals surface area (Å²) in [6.45, 7) is 20.9. The van der Waals surface area contributed by atoms with Crippen LogP contribution >= 0.6 is 0 Å². The number of unbranched alkanes of at least 4 members (excludes halogenated alkanes) is 8. The molecule has 0 aliphatic rings. The third-order valence-electron chi connectivity index (χ3n) is 8.73. The molecule has 0 fully saturated rings. The summed E-state index contributed by atoms with van der Waals surface area (Å²) in [5.41, 5.74) is 1.05. The summed E-state index contributed by atoms with van der Waals surface area (Å²) >= 11 is 0. The van der Waals surface area contributed by atoms with Crippen LogP contribution in [0.4, 0.5) is 0 Å². The maximum absolute atomic E-state index is 11.7. The molecule has 0 radical (unpaired) electrons. The fourth-order valence-corrected chi connectivity index (χ4v) is 9.19. The number of hydrogen-bond donors (Lipinski definition) is 0. The van der Waals surface area contributed by atoms with Crippen LogP contribution in [-0.2, 0) is 14.0 Å². The highest BCUT2D eigenvalue weighted by Crippen LogP contribution is 2.36. The van der Waals surface area contributed by atoms with Crippen molar-refractivity contribution in [3.63, 3.8) is 0 Å². The number of rotatable bonds is 19. The van der Waals surface area contributed by atoms with Gasteiger partial charge in [-0.2, -0.15) is 0 Å². The van der Waals surface area contributed by atoms with Gasteiger partial charge in [0.25, 0.3) is 0 Å². The standard InChI is InChI=1S/C30H58O4Si2/c1-10-36(11-2,12-3)29-24-27(25-32-29)28(34-26(4)31)22-20-18-16-14-13-15-17-19-21-23-33-35(8,9)30(5,6)7/h24-25,28H,10-23H2,1-9H3. The molecule has 0 bridgehead atoms. The summed E-state index contributed by atoms with van der Waals surface area (Å²) in [5, 5.41) is 1.48. The van der Waals surface area contributed by atoms with Gasteiger partial charge < -0.3 is 13.6 Å². The van der Waals surface area contributed by atoms with Gasteiger partial charge in [0.2, 0.25) is 0 Å². The molecule has 0 N–H and O–H groups in total. The molecule has 0 saturated heterocycles. The molecule has 6 heteroatoms. The van der Waals surface area contributed by atoms with Gasteiger partial charge in [0, 0.05) is 19.1 Å². The van der Waals surface area contributed by atoms with Gasteiger partial charge in [-0.05, 0) is 43.5 Å². The lowest BCUT2D eigenvalue weighted by Crippen LogP contribution is -2.44. The van der Waals surface area contributed by atoms with E-state index < -0.39 is 16.4 Å². The van der Waals surface area contributed by atoms with Crippen LogP contribution in [0, 0.1) is 0 Å². The second-order valence-corrected chi connectivity index (χ2v) is 22.2. The number of hydrogen-bond acceptors (Lipinski definition) is 4. The van der Waals surface area contributed by atoms with E-state index in [-0.39, 0.29) is 12.1 Å². The highest BCUT2D eigenvalue weighted by atomic mass is 28.4. The van der Waals surface area contributed by atoms with Crippen molar-refractivity contribution < 1.29 is 18.4 Å². The minimum Gasteiger partial charge on any atom is -0.474 e. The van der Waals surface area contributed by atoms with Crippen LogP contribution in [0.3, 0.4) is 0 Å². The summed E-state index contributed by atoms with van der Waals surface area (Å²) in [5.74, 6) is -0.206. The molecule has 1 atom stereocenters. The summed E-state index contributed by atoms with van der Waals surface area (Å²) in [7, 11) is -3.14. The van der Waals surface area contributed by atoms with Crippen LogP contribution in [0.25, 0.3) is 0 Å². The fourth-order valence-electron chi connectivity index (χ4n) is 4.78. The Morgan fingerprint density at radius 1 is 0.889 bits per heavy atom. The third-order valence-corrected chi connectivity index (χ3v) is 18.6. The predicted molar refractivity (Wildman–Crippen MR) is 159 cm³/mol. The molecule has 1 aromatic rings. The highest BCUT2D eigenvalue weighted by molar-refractivity contribution is 6.90. The van der Waals surface area contributed by atoms with Gasteiger partial charge in [0.15, 0.2) is 8.32 Å². The first-order chi connectivity index (χ1) is 16.9. The Labute approximate surface area is 225 Å². The summed E-state index contributed by atoms with van der Waals surface area (Å²) < 4.78 is 18.1. The van der Waals surface area contributed by atoms with Crippen LogP contribution in [0.5, 0.6) is 0 Å². The molecular formula is C30H58O4Si2. The number of esters is 1. The molecule has 0 amide bonds. The van der Waals surface area contributed by atoms with Gasteiger partial charge in [-0.3, -0.25) is 4.79 Å². The Bertz CT molecular complexity index is 723. The predicted octanol–water partition coefficient (Wildman–Crippen LogP) is 9.52. The molecule has 0 aromatic carbocycles. The Morgan fingerprint density at radius 2 is 1.39 bits per heavy atom. The zero-order valence-corrected chi connectivity index (χ0v) is 27.3. The van der Waals surface area contributed by atoms with Gasteiger partial charge in [-0.25, -0.2) is 0 Å². The summed E-state index contributed by atoms with van der Waals surface area (Å²) in [6, 6.07) is 5.77. The lowest BCUT2D eigenvalue weighted by atomic mass is 10.0. The van der Waals surface area contributed by atoms with E-state index in [1.807, 2.05) is 6.26 Å². The van der Waals surface area contributed by atoms with Crippen molar-refractivity contribution in [1.82, 2.24) is 0 Å². The molecule has 4 nitrogen and oxygen atoms in total. The minimum atomic E-state index is -1.58. The topological polar surface area (TPSA) is 48.7 Å². The van der Waals surface area contributed by atoms with Crippen LogP contribution in [0.15, 0.2) is 16.7 Å². The average molecular weight is 539 g/mol. The quantitative estimate of drug-likeness (QED) is 0.0999. The van der Waals surface area contributed by atoms with Gasteiger partial charge in [-0.1, -0.05) is 105 Å². The smallest absolute Gasteiger partial charge is 0.303 e. The Hall–Kier alpha value is -0.856. The maximum atomic E-state index is 11.7. The lowest BCUT2D eigenvalue weighted by Gasteiger charge is -2.36. The SMILES string of the molecule is CC[Si](CC)(CC)c1cc(C(CCCCCCCCCCCO[Si](C)(C)C(C)(C)C)OC(C)=O)co1. The third kappa shape index (κ3) is 10.9. The van der Waals surface area contributed by atoms with Gasteiger partial charge in [0.1, 0.15) is 14.2 Å². The van der Waals surface area contributed by atoms with Crippen molar-refractivity contribution in [1.29, 1.82) is 0 Å². The molecule has 36 heavy (non-hydrogen) atoms. The molecule has 1 heterocycles. The van der Waals surface area contributed by atoms with Crippen molar-refractivity contribution in [2.24, 2.45) is 0 Å². The molecule has 1 aromatic heterocycles. The first-order valence-electron chi connectivity index (χ1n) is 14.8. The van der Waals surface area contributed by atoms with Crippen LogP contribution in [-0.4, -0.2) is 29.0 Å². The number of ether oxygens (including phenoxy) is 1. The molecule has 0 spiro atoms. The lowest BCUT2D eigenvalue weighted by molar-refractivity contribution is -0.147. The van der Waals surface area contributed by atoms with E-state index in [1.165, 1.54) is 81.8 Å². The Kier molecular flexibility index (Phi) is 14.9. The van der Waals surface area contributed by atoms with Gasteiger partial charge >= 0.3 is 5.97 Å². The highest BCUT2D eigenvalue weighted by Gasteiger charge is 2.37. The molecule has 1 unspecified atom stereocenters. The number of carbonyl (C=O) groups is 1. The van der Waals surface area contributed by atoms with E-state index in [2.05, 4.69) is 60.7 Å². The van der Waals surface area contributed by atoms with E-state index in [4.69, 9.17) is 13.6 Å². The van der Waals surface area contributed by atoms with Crippen molar-refractivity contribution >= 4 is 27.7 Å². The van der Waals surface area contributed by atoms with Crippen LogP contribution in [0.1, 0.15) is 124 Å². The molecule has 1 rings (SSSR count). The van der Waals surface area contributed by atoms with E-state index in [9.17, 15) is 4.79 Å². The Balaban J connectivity index is 2.28. The van der Waals surface area contributed by atoms with Crippen molar-refractivity contribution in [2.75, 3.05) is 6.61 Å². The average Bonchev–Trinajstić information content (AvgIpc) is 3.30. The van der Waals surface area contributed by atoms with Crippen molar-refractivity contribution in [2.45, 2.75) is 155 Å². The minimum absolute atomic E-state index is 0.175. The molecule has 210 valence electrons. The Morgan fingerprint density at radius 3 is 1.86 bits per heavy atom. The van der Waals surface area contributed by atoms with E-state index >= 15 is 0 Å². The fraction of sp³-hybridized carbons (Fsp3) is 0.833. The zero-order chi connectivity index (χ0) is 27.2. The first-order valence-corrected chi connectivity index (χ1v) is 20.4. The van der Waals surface area contributed by atoms with Gasteiger partial charge in [0.05, 0.1) is 11.6 Å². The molecular weight excluding hydrogens is 480 g/mol. The van der Waals surface area contributed by atoms with Crippen LogP contribution < -0.4 is 5.38 Å². The maximum Gasteiger partial charge on any atom is 0.303 e. The van der Waals surface area contributed by atoms with Crippen molar-refractivity contribution in [3.05, 3.63) is 17.9 Å². The monoisotopic (exact) mass is 538 g/mol. The van der Waals surface area contributed by atoms with Gasteiger partial charge in [-0.15, -0.1) is 0 Å².